The highest BCUT2D eigenvalue weighted by molar-refractivity contribution is 9.93. The third kappa shape index (κ3) is 6.95. The number of benzene rings is 2. The van der Waals surface area contributed by atoms with Gasteiger partial charge in [-0.2, -0.15) is 8.78 Å². The first kappa shape index (κ1) is 20.5. The average molecular weight is 442 g/mol. The lowest BCUT2D eigenvalue weighted by Crippen LogP contribution is -2.14. The van der Waals surface area contributed by atoms with Crippen molar-refractivity contribution < 1.29 is 24.3 Å². The van der Waals surface area contributed by atoms with E-state index in [2.05, 4.69) is 28.3 Å². The summed E-state index contributed by atoms with van der Waals surface area (Å²) < 4.78 is 28.0. The Balaban J connectivity index is 0.000000640. The Morgan fingerprint density at radius 1 is 0.909 bits per heavy atom. The van der Waals surface area contributed by atoms with E-state index in [1.165, 1.54) is 24.3 Å². The molecule has 4 nitrogen and oxygen atoms in total. The summed E-state index contributed by atoms with van der Waals surface area (Å²) in [5, 5.41) is 12.5. The van der Waals surface area contributed by atoms with E-state index in [0.717, 1.165) is 5.56 Å². The molecule has 0 fully saturated rings. The fourth-order valence-corrected chi connectivity index (χ4v) is 1.58. The minimum absolute atomic E-state index is 0.0267. The first-order valence-electron chi connectivity index (χ1n) is 5.84. The van der Waals surface area contributed by atoms with Crippen molar-refractivity contribution in [2.75, 3.05) is 0 Å². The van der Waals surface area contributed by atoms with Gasteiger partial charge in [0, 0.05) is 39.4 Å². The van der Waals surface area contributed by atoms with Gasteiger partial charge in [0.1, 0.15) is 4.91 Å². The van der Waals surface area contributed by atoms with Crippen molar-refractivity contribution in [3.8, 4) is 0 Å². The number of alkyl halides is 2. The van der Waals surface area contributed by atoms with Crippen molar-refractivity contribution in [1.82, 2.24) is 0 Å². The largest absolute Gasteiger partial charge is 0.472 e. The lowest BCUT2D eigenvalue weighted by molar-refractivity contribution is -0.969. The van der Waals surface area contributed by atoms with Gasteiger partial charge in [0.2, 0.25) is 0 Å². The molecule has 2 aromatic carbocycles. The van der Waals surface area contributed by atoms with Crippen LogP contribution in [0.3, 0.4) is 0 Å². The second-order valence-corrected chi connectivity index (χ2v) is 4.06. The zero-order chi connectivity index (χ0) is 17.2. The molecule has 2 N–H and O–H groups in total. The Labute approximate surface area is 141 Å². The van der Waals surface area contributed by atoms with Gasteiger partial charge in [-0.3, -0.25) is 0 Å². The first-order valence-corrected chi connectivity index (χ1v) is 9.55. The number of hydrogen-bond donors (Lipinski definition) is 2. The van der Waals surface area contributed by atoms with E-state index in [4.69, 9.17) is 15.3 Å². The zero-order valence-corrected chi connectivity index (χ0v) is 14.6. The molecule has 0 saturated heterocycles. The van der Waals surface area contributed by atoms with Crippen LogP contribution in [0.1, 0.15) is 16.7 Å². The van der Waals surface area contributed by atoms with Crippen LogP contribution in [0.15, 0.2) is 54.6 Å². The number of nitrogens with zero attached hydrogens (tertiary/aromatic N) is 1. The van der Waals surface area contributed by atoms with Crippen LogP contribution in [-0.2, 0) is 5.92 Å². The highest BCUT2D eigenvalue weighted by Gasteiger charge is 2.33. The van der Waals surface area contributed by atoms with Crippen molar-refractivity contribution in [2.45, 2.75) is 12.8 Å². The molecule has 0 aliphatic heterocycles. The van der Waals surface area contributed by atoms with Gasteiger partial charge < -0.3 is 0 Å². The summed E-state index contributed by atoms with van der Waals surface area (Å²) in [6.07, 6.45) is 0. The predicted octanol–water partition coefficient (Wildman–Crippen LogP) is 5.37. The molecule has 0 bridgehead atoms. The van der Waals surface area contributed by atoms with Crippen LogP contribution in [0.4, 0.5) is 8.78 Å². The third-order valence-corrected chi connectivity index (χ3v) is 2.55. The molecule has 120 valence electrons. The van der Waals surface area contributed by atoms with Crippen LogP contribution in [0.25, 0.3) is 0 Å². The van der Waals surface area contributed by atoms with Crippen LogP contribution in [-0.4, -0.2) is 15.5 Å². The van der Waals surface area contributed by atoms with Gasteiger partial charge in [0.15, 0.2) is 0 Å². The van der Waals surface area contributed by atoms with Gasteiger partial charge >= 0.3 is 5.09 Å². The summed E-state index contributed by atoms with van der Waals surface area (Å²) in [5.74, 6) is -2.92. The second-order valence-electron chi connectivity index (χ2n) is 4.06. The lowest BCUT2D eigenvalue weighted by atomic mass is 10.00. The first-order chi connectivity index (χ1) is 10.3. The molecule has 0 radical (unpaired) electrons. The fourth-order valence-electron chi connectivity index (χ4n) is 1.58. The van der Waals surface area contributed by atoms with Gasteiger partial charge in [-0.1, -0.05) is 60.2 Å². The topological polar surface area (TPSA) is 60.5 Å². The van der Waals surface area contributed by atoms with E-state index >= 15 is 0 Å². The van der Waals surface area contributed by atoms with Crippen LogP contribution >= 0.6 is 28.3 Å². The van der Waals surface area contributed by atoms with Crippen molar-refractivity contribution >= 4 is 28.3 Å². The summed E-state index contributed by atoms with van der Waals surface area (Å²) >= 11 is 5.50. The van der Waals surface area contributed by atoms with Crippen LogP contribution < -0.4 is 0 Å². The average Bonchev–Trinajstić information content (AvgIpc) is 2.50. The molecular formula is C14H14Br2F2NO3+. The van der Waals surface area contributed by atoms with Crippen LogP contribution in [0.5, 0.6) is 0 Å². The predicted molar refractivity (Wildman–Crippen MR) is 85.7 cm³/mol. The Bertz CT molecular complexity index is 562. The molecule has 0 atom stereocenters. The summed E-state index contributed by atoms with van der Waals surface area (Å²) in [6.45, 7) is 1.88. The molecule has 0 aromatic heterocycles. The smallest absolute Gasteiger partial charge is 0.201 e. The van der Waals surface area contributed by atoms with E-state index in [9.17, 15) is 8.78 Å². The molecule has 0 amide bonds. The minimum atomic E-state index is -2.92. The molecular weight excluding hydrogens is 428 g/mol. The summed E-state index contributed by atoms with van der Waals surface area (Å²) in [5.41, 5.74) is 1.04. The Morgan fingerprint density at radius 2 is 1.27 bits per heavy atom. The molecule has 0 heterocycles. The highest BCUT2D eigenvalue weighted by atomic mass is 80.9. The highest BCUT2D eigenvalue weighted by Crippen LogP contribution is 2.35. The summed E-state index contributed by atoms with van der Waals surface area (Å²) in [4.78, 5) is 8.47. The van der Waals surface area contributed by atoms with Gasteiger partial charge in [-0.15, -0.1) is 0 Å². The minimum Gasteiger partial charge on any atom is -0.201 e. The van der Waals surface area contributed by atoms with Crippen molar-refractivity contribution in [1.29, 1.82) is 0 Å². The maximum Gasteiger partial charge on any atom is 0.472 e. The second kappa shape index (κ2) is 10.2. The molecule has 2 rings (SSSR count). The summed E-state index contributed by atoms with van der Waals surface area (Å²) in [7, 11) is 0. The molecule has 0 unspecified atom stereocenters. The molecule has 8 heteroatoms. The van der Waals surface area contributed by atoms with E-state index in [0.29, 0.717) is 0 Å². The van der Waals surface area contributed by atoms with Gasteiger partial charge in [-0.05, 0) is 6.92 Å². The molecule has 0 aliphatic carbocycles. The SMILES string of the molecule is BrBr.Cc1ccc(C(F)(F)c2ccccc2)cc1.O=[N+](O)O. The van der Waals surface area contributed by atoms with E-state index in [1.807, 2.05) is 6.92 Å². The lowest BCUT2D eigenvalue weighted by Gasteiger charge is -2.17. The number of hydrogen-bond acceptors (Lipinski definition) is 1. The van der Waals surface area contributed by atoms with Crippen molar-refractivity contribution in [3.05, 3.63) is 76.2 Å². The maximum atomic E-state index is 14.0. The Morgan fingerprint density at radius 3 is 1.68 bits per heavy atom. The normalized spacial score (nSPS) is 9.68. The van der Waals surface area contributed by atoms with Crippen molar-refractivity contribution in [3.63, 3.8) is 0 Å². The fraction of sp³-hybridized carbons (Fsp3) is 0.143. The number of rotatable bonds is 2. The molecule has 0 spiro atoms. The summed E-state index contributed by atoms with van der Waals surface area (Å²) in [6, 6.07) is 14.2. The van der Waals surface area contributed by atoms with Crippen LogP contribution in [0.2, 0.25) is 0 Å². The van der Waals surface area contributed by atoms with E-state index in [1.54, 1.807) is 30.3 Å². The Kier molecular flexibility index (Phi) is 9.51. The van der Waals surface area contributed by atoms with Crippen molar-refractivity contribution in [2.24, 2.45) is 0 Å². The van der Waals surface area contributed by atoms with E-state index in [-0.39, 0.29) is 11.1 Å². The number of halogens is 4. The van der Waals surface area contributed by atoms with Gasteiger partial charge in [0.05, 0.1) is 0 Å². The quantitative estimate of drug-likeness (QED) is 0.616. The van der Waals surface area contributed by atoms with Gasteiger partial charge in [0.25, 0.3) is 5.92 Å². The molecule has 22 heavy (non-hydrogen) atoms. The Hall–Kier alpha value is -1.54. The standard InChI is InChI=1S/C14H12F2.Br2.H2NO3/c1-11-7-9-13(10-8-11)14(15,16)12-5-3-2-4-6-12;1-2;2-1(3)4/h2-10H,1H3;;(H2,2,3,4)/q;;+1. The monoisotopic (exact) mass is 440 g/mol. The van der Waals surface area contributed by atoms with Crippen LogP contribution in [0, 0.1) is 11.8 Å². The number of aryl methyl sites for hydroxylation is 1. The molecule has 0 saturated carbocycles. The van der Waals surface area contributed by atoms with Gasteiger partial charge in [-0.25, -0.2) is 10.4 Å². The molecule has 0 aliphatic rings. The zero-order valence-electron chi connectivity index (χ0n) is 11.5. The maximum absolute atomic E-state index is 14.0. The third-order valence-electron chi connectivity index (χ3n) is 2.55. The molecule has 2 aromatic rings. The van der Waals surface area contributed by atoms with E-state index < -0.39 is 11.0 Å².